The maximum atomic E-state index is 11.0. The van der Waals surface area contributed by atoms with E-state index in [1.54, 1.807) is 0 Å². The molecule has 0 saturated heterocycles. The monoisotopic (exact) mass is 191 g/mol. The zero-order valence-corrected chi connectivity index (χ0v) is 8.39. The summed E-state index contributed by atoms with van der Waals surface area (Å²) in [5, 5.41) is 0. The fraction of sp³-hybridized carbons (Fsp3) is 1.00. The Morgan fingerprint density at radius 3 is 2.58 bits per heavy atom. The third-order valence-electron chi connectivity index (χ3n) is 2.02. The van der Waals surface area contributed by atoms with E-state index in [0.717, 1.165) is 12.8 Å². The highest BCUT2D eigenvalue weighted by atomic mass is 31.1. The van der Waals surface area contributed by atoms with Crippen LogP contribution in [0.4, 0.5) is 0 Å². The van der Waals surface area contributed by atoms with E-state index in [-0.39, 0.29) is 6.10 Å². The van der Waals surface area contributed by atoms with Crippen molar-refractivity contribution >= 4 is 8.25 Å². The fourth-order valence-electron chi connectivity index (χ4n) is 1.43. The summed E-state index contributed by atoms with van der Waals surface area (Å²) in [6.07, 6.45) is 5.92. The predicted octanol–water partition coefficient (Wildman–Crippen LogP) is 3.03. The van der Waals surface area contributed by atoms with Gasteiger partial charge < -0.3 is 0 Å². The van der Waals surface area contributed by atoms with Gasteiger partial charge in [0.05, 0.1) is 0 Å². The first-order valence-electron chi connectivity index (χ1n) is 4.60. The van der Waals surface area contributed by atoms with Gasteiger partial charge in [0.15, 0.2) is 0 Å². The van der Waals surface area contributed by atoms with E-state index < -0.39 is 8.25 Å². The first kappa shape index (κ1) is 10.1. The molecule has 0 aromatic heterocycles. The highest BCUT2D eigenvalue weighted by Crippen LogP contribution is 2.31. The molecule has 1 aliphatic carbocycles. The van der Waals surface area contributed by atoms with Gasteiger partial charge in [0.25, 0.3) is 0 Å². The minimum atomic E-state index is -1.85. The van der Waals surface area contributed by atoms with Crippen molar-refractivity contribution in [1.82, 2.24) is 0 Å². The summed E-state index contributed by atoms with van der Waals surface area (Å²) in [6.45, 7) is 2.28. The molecule has 1 unspecified atom stereocenters. The summed E-state index contributed by atoms with van der Waals surface area (Å²) in [5.41, 5.74) is 0. The highest BCUT2D eigenvalue weighted by molar-refractivity contribution is 7.33. The summed E-state index contributed by atoms with van der Waals surface area (Å²) in [5.74, 6) is 0. The number of rotatable bonds is 4. The molecule has 1 saturated carbocycles. The second-order valence-electron chi connectivity index (χ2n) is 3.01. The molecule has 4 heteroatoms. The van der Waals surface area contributed by atoms with Crippen LogP contribution in [0.5, 0.6) is 0 Å². The van der Waals surface area contributed by atoms with Crippen molar-refractivity contribution in [2.75, 3.05) is 6.61 Å². The zero-order valence-electron chi connectivity index (χ0n) is 7.49. The standard InChI is InChI=1S/C8H16O3P/c1-2-10-12(9)11-8-6-4-3-5-7-8/h8H,2-7H2,1H3/q+1. The largest absolute Gasteiger partial charge is 0.697 e. The molecule has 0 aromatic carbocycles. The van der Waals surface area contributed by atoms with E-state index in [1.807, 2.05) is 6.92 Å². The van der Waals surface area contributed by atoms with Gasteiger partial charge in [0, 0.05) is 4.57 Å². The van der Waals surface area contributed by atoms with Gasteiger partial charge in [0.1, 0.15) is 12.7 Å². The van der Waals surface area contributed by atoms with Crippen LogP contribution in [-0.4, -0.2) is 12.7 Å². The molecule has 3 nitrogen and oxygen atoms in total. The van der Waals surface area contributed by atoms with Crippen molar-refractivity contribution in [3.05, 3.63) is 0 Å². The van der Waals surface area contributed by atoms with Gasteiger partial charge in [-0.05, 0) is 19.8 Å². The van der Waals surface area contributed by atoms with Crippen LogP contribution in [0.1, 0.15) is 39.0 Å². The number of hydrogen-bond donors (Lipinski definition) is 0. The van der Waals surface area contributed by atoms with Gasteiger partial charge in [-0.25, -0.2) is 0 Å². The molecule has 12 heavy (non-hydrogen) atoms. The molecule has 1 fully saturated rings. The predicted molar refractivity (Wildman–Crippen MR) is 47.2 cm³/mol. The van der Waals surface area contributed by atoms with Crippen molar-refractivity contribution in [3.8, 4) is 0 Å². The van der Waals surface area contributed by atoms with E-state index in [1.165, 1.54) is 19.3 Å². The fourth-order valence-corrected chi connectivity index (χ4v) is 2.15. The van der Waals surface area contributed by atoms with Crippen LogP contribution in [0.15, 0.2) is 0 Å². The Hall–Kier alpha value is 0.0200. The maximum Gasteiger partial charge on any atom is 0.697 e. The van der Waals surface area contributed by atoms with Crippen LogP contribution in [0.25, 0.3) is 0 Å². The maximum absolute atomic E-state index is 11.0. The molecule has 0 radical (unpaired) electrons. The van der Waals surface area contributed by atoms with Crippen molar-refractivity contribution in [3.63, 3.8) is 0 Å². The zero-order chi connectivity index (χ0) is 8.81. The summed E-state index contributed by atoms with van der Waals surface area (Å²) in [6, 6.07) is 0. The Morgan fingerprint density at radius 1 is 1.33 bits per heavy atom. The van der Waals surface area contributed by atoms with Crippen LogP contribution < -0.4 is 0 Å². The molecule has 0 bridgehead atoms. The molecular weight excluding hydrogens is 175 g/mol. The number of hydrogen-bond acceptors (Lipinski definition) is 3. The van der Waals surface area contributed by atoms with Crippen molar-refractivity contribution in [2.24, 2.45) is 0 Å². The van der Waals surface area contributed by atoms with E-state index in [4.69, 9.17) is 9.05 Å². The van der Waals surface area contributed by atoms with Gasteiger partial charge in [0.2, 0.25) is 0 Å². The Balaban J connectivity index is 2.15. The van der Waals surface area contributed by atoms with Gasteiger partial charge in [-0.2, -0.15) is 0 Å². The SMILES string of the molecule is CCO[P+](=O)OC1CCCCC1. The summed E-state index contributed by atoms with van der Waals surface area (Å²) in [7, 11) is -1.85. The molecule has 0 aliphatic heterocycles. The normalized spacial score (nSPS) is 20.9. The van der Waals surface area contributed by atoms with Crippen molar-refractivity contribution < 1.29 is 13.6 Å². The highest BCUT2D eigenvalue weighted by Gasteiger charge is 2.27. The molecule has 1 aliphatic rings. The lowest BCUT2D eigenvalue weighted by Gasteiger charge is -2.15. The molecule has 0 amide bonds. The summed E-state index contributed by atoms with van der Waals surface area (Å²) < 4.78 is 21.1. The Labute approximate surface area is 74.4 Å². The quantitative estimate of drug-likeness (QED) is 0.640. The Kier molecular flexibility index (Phi) is 4.74. The van der Waals surface area contributed by atoms with Crippen molar-refractivity contribution in [1.29, 1.82) is 0 Å². The van der Waals surface area contributed by atoms with Gasteiger partial charge in [-0.1, -0.05) is 19.3 Å². The minimum Gasteiger partial charge on any atom is -0.119 e. The van der Waals surface area contributed by atoms with E-state index in [0.29, 0.717) is 6.61 Å². The summed E-state index contributed by atoms with van der Waals surface area (Å²) >= 11 is 0. The molecule has 0 aromatic rings. The Morgan fingerprint density at radius 2 is 2.00 bits per heavy atom. The molecule has 0 N–H and O–H groups in total. The molecule has 0 spiro atoms. The molecule has 70 valence electrons. The average Bonchev–Trinajstić information content (AvgIpc) is 2.06. The third-order valence-corrected chi connectivity index (χ3v) is 2.96. The molecule has 1 atom stereocenters. The van der Waals surface area contributed by atoms with Crippen LogP contribution in [0.3, 0.4) is 0 Å². The van der Waals surface area contributed by atoms with Gasteiger partial charge in [-0.3, -0.25) is 0 Å². The van der Waals surface area contributed by atoms with Crippen LogP contribution >= 0.6 is 8.25 Å². The first-order valence-corrected chi connectivity index (χ1v) is 5.69. The van der Waals surface area contributed by atoms with Crippen LogP contribution in [0, 0.1) is 0 Å². The van der Waals surface area contributed by atoms with Gasteiger partial charge >= 0.3 is 8.25 Å². The van der Waals surface area contributed by atoms with Gasteiger partial charge in [-0.15, -0.1) is 9.05 Å². The molecule has 1 rings (SSSR count). The molecule has 0 heterocycles. The van der Waals surface area contributed by atoms with E-state index >= 15 is 0 Å². The topological polar surface area (TPSA) is 35.5 Å². The van der Waals surface area contributed by atoms with Crippen LogP contribution in [0.2, 0.25) is 0 Å². The lowest BCUT2D eigenvalue weighted by Crippen LogP contribution is -2.13. The van der Waals surface area contributed by atoms with E-state index in [2.05, 4.69) is 0 Å². The third kappa shape index (κ3) is 3.61. The lowest BCUT2D eigenvalue weighted by atomic mass is 9.98. The average molecular weight is 191 g/mol. The van der Waals surface area contributed by atoms with E-state index in [9.17, 15) is 4.57 Å². The second-order valence-corrected chi connectivity index (χ2v) is 3.92. The second kappa shape index (κ2) is 5.63. The van der Waals surface area contributed by atoms with Crippen LogP contribution in [-0.2, 0) is 13.6 Å². The Bertz CT molecular complexity index is 143. The molecular formula is C8H16O3P+. The summed E-state index contributed by atoms with van der Waals surface area (Å²) in [4.78, 5) is 0. The first-order chi connectivity index (χ1) is 5.83. The minimum absolute atomic E-state index is 0.175. The lowest BCUT2D eigenvalue weighted by molar-refractivity contribution is 0.132. The van der Waals surface area contributed by atoms with Crippen molar-refractivity contribution in [2.45, 2.75) is 45.1 Å². The smallest absolute Gasteiger partial charge is 0.119 e.